The van der Waals surface area contributed by atoms with Crippen molar-refractivity contribution in [3.05, 3.63) is 23.9 Å². The number of nitrogens with one attached hydrogen (secondary N) is 1. The third kappa shape index (κ3) is 2.63. The van der Waals surface area contributed by atoms with Gasteiger partial charge in [0, 0.05) is 12.6 Å². The number of rotatable bonds is 2. The molecule has 1 aromatic rings. The molecule has 6 heteroatoms. The Morgan fingerprint density at radius 1 is 1.38 bits per heavy atom. The molecule has 0 bridgehead atoms. The van der Waals surface area contributed by atoms with E-state index < -0.39 is 11.9 Å². The van der Waals surface area contributed by atoms with Crippen LogP contribution in [0.5, 0.6) is 5.88 Å². The molecular formula is C10H11F3N2O. The molecule has 1 N–H and O–H groups in total. The summed E-state index contributed by atoms with van der Waals surface area (Å²) in [6.45, 7) is 1.47. The van der Waals surface area contributed by atoms with Crippen LogP contribution in [0.2, 0.25) is 0 Å². The lowest BCUT2D eigenvalue weighted by Gasteiger charge is -2.12. The summed E-state index contributed by atoms with van der Waals surface area (Å²) in [6.07, 6.45) is -3.72. The van der Waals surface area contributed by atoms with Crippen LogP contribution in [0.1, 0.15) is 12.1 Å². The van der Waals surface area contributed by atoms with E-state index in [0.29, 0.717) is 6.54 Å². The van der Waals surface area contributed by atoms with Crippen molar-refractivity contribution in [2.45, 2.75) is 18.7 Å². The van der Waals surface area contributed by atoms with Crippen LogP contribution >= 0.6 is 0 Å². The maximum Gasteiger partial charge on any atom is 0.433 e. The van der Waals surface area contributed by atoms with Crippen LogP contribution in [0.15, 0.2) is 18.2 Å². The molecule has 0 saturated carbocycles. The molecule has 0 radical (unpaired) electrons. The predicted molar refractivity (Wildman–Crippen MR) is 51.1 cm³/mol. The molecule has 1 fully saturated rings. The van der Waals surface area contributed by atoms with Crippen LogP contribution in [0.3, 0.4) is 0 Å². The molecular weight excluding hydrogens is 221 g/mol. The monoisotopic (exact) mass is 232 g/mol. The lowest BCUT2D eigenvalue weighted by Crippen LogP contribution is -2.20. The number of aromatic nitrogens is 1. The quantitative estimate of drug-likeness (QED) is 0.844. The number of hydrogen-bond donors (Lipinski definition) is 1. The molecule has 2 heterocycles. The van der Waals surface area contributed by atoms with Gasteiger partial charge in [-0.15, -0.1) is 0 Å². The van der Waals surface area contributed by atoms with Gasteiger partial charge < -0.3 is 10.1 Å². The Morgan fingerprint density at radius 3 is 2.81 bits per heavy atom. The van der Waals surface area contributed by atoms with Gasteiger partial charge in [0.25, 0.3) is 0 Å². The lowest BCUT2D eigenvalue weighted by atomic mass is 10.3. The SMILES string of the molecule is FC(F)(F)c1cccc(OC2CCNC2)n1. The Balaban J connectivity index is 2.09. The highest BCUT2D eigenvalue weighted by molar-refractivity contribution is 5.18. The maximum atomic E-state index is 12.4. The number of ether oxygens (including phenoxy) is 1. The minimum Gasteiger partial charge on any atom is -0.473 e. The van der Waals surface area contributed by atoms with E-state index in [-0.39, 0.29) is 12.0 Å². The van der Waals surface area contributed by atoms with E-state index in [0.717, 1.165) is 19.0 Å². The van der Waals surface area contributed by atoms with Gasteiger partial charge in [0.05, 0.1) is 0 Å². The van der Waals surface area contributed by atoms with Crippen LogP contribution in [-0.2, 0) is 6.18 Å². The average molecular weight is 232 g/mol. The standard InChI is InChI=1S/C10H11F3N2O/c11-10(12,13)8-2-1-3-9(15-8)16-7-4-5-14-6-7/h1-3,7,14H,4-6H2. The third-order valence-corrected chi connectivity index (χ3v) is 2.32. The van der Waals surface area contributed by atoms with Gasteiger partial charge in [-0.1, -0.05) is 6.07 Å². The van der Waals surface area contributed by atoms with E-state index in [4.69, 9.17) is 4.74 Å². The first kappa shape index (κ1) is 11.2. The average Bonchev–Trinajstić information content (AvgIpc) is 2.70. The fourth-order valence-electron chi connectivity index (χ4n) is 1.54. The van der Waals surface area contributed by atoms with Crippen molar-refractivity contribution >= 4 is 0 Å². The van der Waals surface area contributed by atoms with E-state index in [1.54, 1.807) is 0 Å². The molecule has 16 heavy (non-hydrogen) atoms. The van der Waals surface area contributed by atoms with Gasteiger partial charge >= 0.3 is 6.18 Å². The number of pyridine rings is 1. The summed E-state index contributed by atoms with van der Waals surface area (Å²) in [5.41, 5.74) is -0.920. The topological polar surface area (TPSA) is 34.1 Å². The molecule has 0 amide bonds. The van der Waals surface area contributed by atoms with Gasteiger partial charge in [-0.3, -0.25) is 0 Å². The first-order valence-corrected chi connectivity index (χ1v) is 4.97. The highest BCUT2D eigenvalue weighted by Crippen LogP contribution is 2.28. The smallest absolute Gasteiger partial charge is 0.433 e. The highest BCUT2D eigenvalue weighted by Gasteiger charge is 2.32. The van der Waals surface area contributed by atoms with Gasteiger partial charge in [0.2, 0.25) is 5.88 Å². The summed E-state index contributed by atoms with van der Waals surface area (Å²) in [5, 5.41) is 3.06. The first-order valence-electron chi connectivity index (χ1n) is 4.97. The summed E-state index contributed by atoms with van der Waals surface area (Å²) in [5.74, 6) is 0.0310. The van der Waals surface area contributed by atoms with Gasteiger partial charge in [0.1, 0.15) is 11.8 Å². The first-order chi connectivity index (χ1) is 7.55. The molecule has 2 rings (SSSR count). The second kappa shape index (κ2) is 4.29. The largest absolute Gasteiger partial charge is 0.473 e. The molecule has 88 valence electrons. The molecule has 1 atom stereocenters. The second-order valence-corrected chi connectivity index (χ2v) is 3.59. The Labute approximate surface area is 90.6 Å². The van der Waals surface area contributed by atoms with E-state index in [2.05, 4.69) is 10.3 Å². The molecule has 3 nitrogen and oxygen atoms in total. The summed E-state index contributed by atoms with van der Waals surface area (Å²) in [6, 6.07) is 3.67. The van der Waals surface area contributed by atoms with Gasteiger partial charge in [-0.2, -0.15) is 13.2 Å². The highest BCUT2D eigenvalue weighted by atomic mass is 19.4. The number of halogens is 3. The Kier molecular flexibility index (Phi) is 3.00. The Hall–Kier alpha value is -1.30. The van der Waals surface area contributed by atoms with Crippen molar-refractivity contribution in [1.82, 2.24) is 10.3 Å². The number of nitrogens with zero attached hydrogens (tertiary/aromatic N) is 1. The molecule has 1 unspecified atom stereocenters. The summed E-state index contributed by atoms with van der Waals surface area (Å²) in [7, 11) is 0. The summed E-state index contributed by atoms with van der Waals surface area (Å²) in [4.78, 5) is 3.43. The zero-order chi connectivity index (χ0) is 11.6. The van der Waals surface area contributed by atoms with Crippen molar-refractivity contribution in [3.8, 4) is 5.88 Å². The Bertz CT molecular complexity index is 361. The molecule has 1 aliphatic rings. The van der Waals surface area contributed by atoms with Crippen LogP contribution < -0.4 is 10.1 Å². The zero-order valence-corrected chi connectivity index (χ0v) is 8.42. The molecule has 0 aromatic carbocycles. The normalized spacial score (nSPS) is 21.1. The van der Waals surface area contributed by atoms with Crippen LogP contribution in [0, 0.1) is 0 Å². The van der Waals surface area contributed by atoms with Gasteiger partial charge in [-0.05, 0) is 19.0 Å². The third-order valence-electron chi connectivity index (χ3n) is 2.32. The molecule has 1 aliphatic heterocycles. The predicted octanol–water partition coefficient (Wildman–Crippen LogP) is 1.84. The molecule has 0 spiro atoms. The fraction of sp³-hybridized carbons (Fsp3) is 0.500. The summed E-state index contributed by atoms with van der Waals surface area (Å²) >= 11 is 0. The second-order valence-electron chi connectivity index (χ2n) is 3.59. The van der Waals surface area contributed by atoms with E-state index in [9.17, 15) is 13.2 Å². The maximum absolute atomic E-state index is 12.4. The minimum absolute atomic E-state index is 0.0310. The molecule has 1 aromatic heterocycles. The Morgan fingerprint density at radius 2 is 2.19 bits per heavy atom. The van der Waals surface area contributed by atoms with Crippen molar-refractivity contribution in [2.24, 2.45) is 0 Å². The van der Waals surface area contributed by atoms with E-state index >= 15 is 0 Å². The van der Waals surface area contributed by atoms with Crippen molar-refractivity contribution < 1.29 is 17.9 Å². The minimum atomic E-state index is -4.42. The lowest BCUT2D eigenvalue weighted by molar-refractivity contribution is -0.141. The van der Waals surface area contributed by atoms with Crippen molar-refractivity contribution in [2.75, 3.05) is 13.1 Å². The van der Waals surface area contributed by atoms with E-state index in [1.165, 1.54) is 12.1 Å². The van der Waals surface area contributed by atoms with E-state index in [1.807, 2.05) is 0 Å². The summed E-state index contributed by atoms with van der Waals surface area (Å²) < 4.78 is 42.4. The molecule has 0 aliphatic carbocycles. The van der Waals surface area contributed by atoms with Gasteiger partial charge in [-0.25, -0.2) is 4.98 Å². The van der Waals surface area contributed by atoms with Crippen LogP contribution in [0.25, 0.3) is 0 Å². The number of alkyl halides is 3. The number of hydrogen-bond acceptors (Lipinski definition) is 3. The fourth-order valence-corrected chi connectivity index (χ4v) is 1.54. The zero-order valence-electron chi connectivity index (χ0n) is 8.42. The van der Waals surface area contributed by atoms with Crippen LogP contribution in [0.4, 0.5) is 13.2 Å². The van der Waals surface area contributed by atoms with Crippen LogP contribution in [-0.4, -0.2) is 24.2 Å². The van der Waals surface area contributed by atoms with Gasteiger partial charge in [0.15, 0.2) is 0 Å². The van der Waals surface area contributed by atoms with Crippen molar-refractivity contribution in [1.29, 1.82) is 0 Å². The van der Waals surface area contributed by atoms with Crippen molar-refractivity contribution in [3.63, 3.8) is 0 Å². The molecule has 1 saturated heterocycles.